The molecule has 0 radical (unpaired) electrons. The van der Waals surface area contributed by atoms with E-state index >= 15 is 0 Å². The van der Waals surface area contributed by atoms with Crippen molar-refractivity contribution in [2.45, 2.75) is 72.1 Å². The fourth-order valence-electron chi connectivity index (χ4n) is 3.79. The van der Waals surface area contributed by atoms with Crippen LogP contribution in [0.25, 0.3) is 0 Å². The van der Waals surface area contributed by atoms with Crippen molar-refractivity contribution in [1.82, 2.24) is 0 Å². The Morgan fingerprint density at radius 1 is 1.35 bits per heavy atom. The van der Waals surface area contributed by atoms with Gasteiger partial charge in [0.1, 0.15) is 0 Å². The summed E-state index contributed by atoms with van der Waals surface area (Å²) in [6.45, 7) is 10.8. The van der Waals surface area contributed by atoms with Crippen LogP contribution in [-0.2, 0) is 0 Å². The Bertz CT molecular complexity index is 475. The highest BCUT2D eigenvalue weighted by atomic mass is 16.3. The first-order valence-electron chi connectivity index (χ1n) is 9.18. The smallest absolute Gasteiger partial charge is 0.0928 e. The first kappa shape index (κ1) is 19.6. The van der Waals surface area contributed by atoms with Gasteiger partial charge in [0, 0.05) is 6.42 Å². The molecule has 0 aliphatic heterocycles. The first-order valence-corrected chi connectivity index (χ1v) is 9.18. The number of hydrogen-bond acceptors (Lipinski definition) is 1. The Morgan fingerprint density at radius 2 is 2.09 bits per heavy atom. The maximum atomic E-state index is 10.5. The largest absolute Gasteiger partial charge is 0.512 e. The van der Waals surface area contributed by atoms with E-state index in [9.17, 15) is 5.11 Å². The van der Waals surface area contributed by atoms with Crippen molar-refractivity contribution < 1.29 is 5.11 Å². The average Bonchev–Trinajstić information content (AvgIpc) is 2.47. The van der Waals surface area contributed by atoms with Crippen molar-refractivity contribution >= 4 is 0 Å². The second-order valence-electron chi connectivity index (χ2n) is 7.31. The SMILES string of the molecule is C#C/C=C(\C=C(\O)C[C@@H]1CC(C)CC[C@H]1C(=C)C)CCCCC. The average molecular weight is 315 g/mol. The van der Waals surface area contributed by atoms with Gasteiger partial charge >= 0.3 is 0 Å². The van der Waals surface area contributed by atoms with Gasteiger partial charge in [-0.3, -0.25) is 0 Å². The van der Waals surface area contributed by atoms with Crippen LogP contribution in [0, 0.1) is 30.1 Å². The van der Waals surface area contributed by atoms with E-state index in [1.54, 1.807) is 6.08 Å². The Kier molecular flexibility index (Phi) is 8.85. The van der Waals surface area contributed by atoms with Crippen molar-refractivity contribution in [1.29, 1.82) is 0 Å². The number of hydrogen-bond donors (Lipinski definition) is 1. The number of aliphatic hydroxyl groups excluding tert-OH is 1. The number of unbranched alkanes of at least 4 members (excludes halogenated alkanes) is 2. The Hall–Kier alpha value is -1.42. The zero-order valence-electron chi connectivity index (χ0n) is 15.3. The fourth-order valence-corrected chi connectivity index (χ4v) is 3.79. The van der Waals surface area contributed by atoms with Gasteiger partial charge in [0.05, 0.1) is 5.76 Å². The van der Waals surface area contributed by atoms with Crippen LogP contribution in [0.15, 0.2) is 35.6 Å². The second kappa shape index (κ2) is 10.4. The quantitative estimate of drug-likeness (QED) is 0.176. The number of terminal acetylenes is 1. The lowest BCUT2D eigenvalue weighted by Gasteiger charge is -2.35. The van der Waals surface area contributed by atoms with Crippen LogP contribution in [0.4, 0.5) is 0 Å². The van der Waals surface area contributed by atoms with Crippen molar-refractivity contribution in [2.24, 2.45) is 17.8 Å². The molecule has 1 rings (SSSR count). The van der Waals surface area contributed by atoms with Crippen LogP contribution < -0.4 is 0 Å². The minimum atomic E-state index is 0.480. The summed E-state index contributed by atoms with van der Waals surface area (Å²) in [6.07, 6.45) is 18.0. The molecule has 0 saturated heterocycles. The third-order valence-electron chi connectivity index (χ3n) is 5.04. The Labute approximate surface area is 143 Å². The molecule has 1 aliphatic rings. The van der Waals surface area contributed by atoms with Crippen LogP contribution in [0.2, 0.25) is 0 Å². The number of aliphatic hydroxyl groups is 1. The van der Waals surface area contributed by atoms with E-state index in [0.717, 1.165) is 30.8 Å². The molecule has 1 fully saturated rings. The molecule has 1 saturated carbocycles. The van der Waals surface area contributed by atoms with Crippen molar-refractivity contribution in [3.8, 4) is 12.3 Å². The second-order valence-corrected chi connectivity index (χ2v) is 7.31. The van der Waals surface area contributed by atoms with Gasteiger partial charge in [-0.1, -0.05) is 51.2 Å². The summed E-state index contributed by atoms with van der Waals surface area (Å²) in [5.41, 5.74) is 2.34. The molecular weight excluding hydrogens is 280 g/mol. The van der Waals surface area contributed by atoms with Gasteiger partial charge < -0.3 is 5.11 Å². The fraction of sp³-hybridized carbons (Fsp3) is 0.636. The van der Waals surface area contributed by atoms with E-state index in [2.05, 4.69) is 33.3 Å². The molecule has 0 bridgehead atoms. The third kappa shape index (κ3) is 7.12. The summed E-state index contributed by atoms with van der Waals surface area (Å²) in [7, 11) is 0. The van der Waals surface area contributed by atoms with E-state index in [0.29, 0.717) is 17.6 Å². The van der Waals surface area contributed by atoms with Gasteiger partial charge in [0.2, 0.25) is 0 Å². The summed E-state index contributed by atoms with van der Waals surface area (Å²) in [5.74, 6) is 4.88. The van der Waals surface area contributed by atoms with Crippen LogP contribution in [0.5, 0.6) is 0 Å². The third-order valence-corrected chi connectivity index (χ3v) is 5.04. The lowest BCUT2D eigenvalue weighted by atomic mass is 9.70. The van der Waals surface area contributed by atoms with E-state index < -0.39 is 0 Å². The minimum Gasteiger partial charge on any atom is -0.512 e. The first-order chi connectivity index (χ1) is 11.0. The van der Waals surface area contributed by atoms with Crippen LogP contribution >= 0.6 is 0 Å². The van der Waals surface area contributed by atoms with Crippen LogP contribution in [-0.4, -0.2) is 5.11 Å². The molecule has 128 valence electrons. The molecule has 1 aliphatic carbocycles. The topological polar surface area (TPSA) is 20.2 Å². The Morgan fingerprint density at radius 3 is 2.70 bits per heavy atom. The van der Waals surface area contributed by atoms with Crippen molar-refractivity contribution in [3.63, 3.8) is 0 Å². The van der Waals surface area contributed by atoms with Crippen molar-refractivity contribution in [3.05, 3.63) is 35.6 Å². The summed E-state index contributed by atoms with van der Waals surface area (Å²) in [6, 6.07) is 0. The highest BCUT2D eigenvalue weighted by molar-refractivity contribution is 5.28. The summed E-state index contributed by atoms with van der Waals surface area (Å²) in [5, 5.41) is 10.5. The number of rotatable bonds is 8. The monoisotopic (exact) mass is 314 g/mol. The molecule has 0 aromatic rings. The minimum absolute atomic E-state index is 0.480. The normalized spacial score (nSPS) is 25.9. The zero-order valence-corrected chi connectivity index (χ0v) is 15.3. The molecule has 1 N–H and O–H groups in total. The highest BCUT2D eigenvalue weighted by Gasteiger charge is 2.29. The zero-order chi connectivity index (χ0) is 17.2. The molecule has 1 nitrogen and oxygen atoms in total. The maximum Gasteiger partial charge on any atom is 0.0928 e. The number of allylic oxidation sites excluding steroid dienone is 5. The van der Waals surface area contributed by atoms with Gasteiger partial charge in [0.25, 0.3) is 0 Å². The summed E-state index contributed by atoms with van der Waals surface area (Å²) >= 11 is 0. The van der Waals surface area contributed by atoms with Gasteiger partial charge in [-0.15, -0.1) is 6.42 Å². The molecule has 0 aromatic heterocycles. The predicted molar refractivity (Wildman–Crippen MR) is 101 cm³/mol. The lowest BCUT2D eigenvalue weighted by Crippen LogP contribution is -2.25. The van der Waals surface area contributed by atoms with Crippen LogP contribution in [0.1, 0.15) is 72.1 Å². The van der Waals surface area contributed by atoms with E-state index in [1.165, 1.54) is 37.7 Å². The molecule has 23 heavy (non-hydrogen) atoms. The van der Waals surface area contributed by atoms with Gasteiger partial charge in [-0.05, 0) is 68.1 Å². The molecule has 1 heteroatoms. The van der Waals surface area contributed by atoms with Crippen molar-refractivity contribution in [2.75, 3.05) is 0 Å². The van der Waals surface area contributed by atoms with E-state index in [1.807, 2.05) is 6.08 Å². The molecule has 0 aromatic carbocycles. The van der Waals surface area contributed by atoms with E-state index in [4.69, 9.17) is 6.42 Å². The standard InChI is InChI=1S/C22H34O/c1-6-8-9-11-19(10-7-2)15-21(23)16-20-14-18(5)12-13-22(20)17(3)4/h2,10,15,18,20,22-23H,3,6,8-9,11-14,16H2,1,4-5H3/b19-10-,21-15+/t18?,20-,22-/m0/s1. The molecule has 3 atom stereocenters. The molecule has 1 unspecified atom stereocenters. The molecule has 0 spiro atoms. The van der Waals surface area contributed by atoms with Gasteiger partial charge in [-0.2, -0.15) is 0 Å². The molecular formula is C22H34O. The molecule has 0 heterocycles. The molecule has 0 amide bonds. The van der Waals surface area contributed by atoms with E-state index in [-0.39, 0.29) is 0 Å². The predicted octanol–water partition coefficient (Wildman–Crippen LogP) is 6.59. The summed E-state index contributed by atoms with van der Waals surface area (Å²) < 4.78 is 0. The lowest BCUT2D eigenvalue weighted by molar-refractivity contribution is 0.196. The maximum absolute atomic E-state index is 10.5. The van der Waals surface area contributed by atoms with Crippen LogP contribution in [0.3, 0.4) is 0 Å². The summed E-state index contributed by atoms with van der Waals surface area (Å²) in [4.78, 5) is 0. The highest BCUT2D eigenvalue weighted by Crippen LogP contribution is 2.40. The Balaban J connectivity index is 2.73. The van der Waals surface area contributed by atoms with Gasteiger partial charge in [-0.25, -0.2) is 0 Å². The van der Waals surface area contributed by atoms with Gasteiger partial charge in [0.15, 0.2) is 0 Å².